The fraction of sp³-hybridized carbons (Fsp3) is 0.118. The molecule has 108 valence electrons. The maximum atomic E-state index is 4.45. The Morgan fingerprint density at radius 3 is 2.14 bits per heavy atom. The topological polar surface area (TPSA) is 63.4 Å². The monoisotopic (exact) mass is 281 g/mol. The van der Waals surface area contributed by atoms with E-state index in [-0.39, 0.29) is 5.48 Å². The largest absolute Gasteiger partial charge is 0.412 e. The zero-order valence-electron chi connectivity index (χ0n) is 12.2. The molecule has 0 aliphatic rings. The number of imidazole rings is 1. The highest BCUT2D eigenvalue weighted by molar-refractivity contribution is 5.66. The normalized spacial score (nSPS) is 10.0. The standard InChI is InChI=1S/C17H17N3.H2O/c1-20(2)15-10-8-13(9-11-15)16-12-18-17(19-16)14-6-4-3-5-7-14;/h3-12H,1-2H3,(H,18,19);1H2. The van der Waals surface area contributed by atoms with Gasteiger partial charge in [0.15, 0.2) is 0 Å². The molecule has 0 spiro atoms. The van der Waals surface area contributed by atoms with Gasteiger partial charge < -0.3 is 15.4 Å². The van der Waals surface area contributed by atoms with Crippen LogP contribution in [0.4, 0.5) is 5.69 Å². The summed E-state index contributed by atoms with van der Waals surface area (Å²) in [6.45, 7) is 0. The van der Waals surface area contributed by atoms with Gasteiger partial charge in [0.05, 0.1) is 11.9 Å². The third-order valence-electron chi connectivity index (χ3n) is 3.32. The third kappa shape index (κ3) is 3.12. The van der Waals surface area contributed by atoms with Gasteiger partial charge in [0.2, 0.25) is 0 Å². The van der Waals surface area contributed by atoms with Gasteiger partial charge in [-0.1, -0.05) is 42.5 Å². The Labute approximate surface area is 124 Å². The van der Waals surface area contributed by atoms with Crippen molar-refractivity contribution in [3.8, 4) is 22.6 Å². The summed E-state index contributed by atoms with van der Waals surface area (Å²) in [6.07, 6.45) is 1.88. The van der Waals surface area contributed by atoms with Gasteiger partial charge in [0.25, 0.3) is 0 Å². The summed E-state index contributed by atoms with van der Waals surface area (Å²) in [5, 5.41) is 0. The average molecular weight is 281 g/mol. The molecule has 0 aliphatic heterocycles. The van der Waals surface area contributed by atoms with E-state index in [0.717, 1.165) is 22.6 Å². The summed E-state index contributed by atoms with van der Waals surface area (Å²) < 4.78 is 0. The Balaban J connectivity index is 0.00000161. The van der Waals surface area contributed by atoms with Gasteiger partial charge in [0.1, 0.15) is 5.82 Å². The molecule has 1 heterocycles. The Kier molecular flexibility index (Phi) is 4.40. The highest BCUT2D eigenvalue weighted by Gasteiger charge is 2.05. The van der Waals surface area contributed by atoms with E-state index in [2.05, 4.69) is 51.3 Å². The van der Waals surface area contributed by atoms with E-state index < -0.39 is 0 Å². The Hall–Kier alpha value is -2.59. The van der Waals surface area contributed by atoms with Crippen LogP contribution in [0.2, 0.25) is 0 Å². The highest BCUT2D eigenvalue weighted by Crippen LogP contribution is 2.23. The minimum atomic E-state index is 0. The minimum Gasteiger partial charge on any atom is -0.412 e. The Bertz CT molecular complexity index is 688. The van der Waals surface area contributed by atoms with Crippen molar-refractivity contribution in [1.82, 2.24) is 9.97 Å². The van der Waals surface area contributed by atoms with E-state index in [0.29, 0.717) is 0 Å². The number of nitrogens with zero attached hydrogens (tertiary/aromatic N) is 2. The summed E-state index contributed by atoms with van der Waals surface area (Å²) in [5.41, 5.74) is 4.47. The molecule has 3 N–H and O–H groups in total. The van der Waals surface area contributed by atoms with E-state index in [1.165, 1.54) is 5.69 Å². The first-order valence-corrected chi connectivity index (χ1v) is 6.62. The molecule has 0 bridgehead atoms. The molecule has 0 saturated carbocycles. The van der Waals surface area contributed by atoms with Crippen LogP contribution in [0, 0.1) is 0 Å². The van der Waals surface area contributed by atoms with Crippen LogP contribution in [0.3, 0.4) is 0 Å². The summed E-state index contributed by atoms with van der Waals surface area (Å²) >= 11 is 0. The molecule has 3 aromatic rings. The van der Waals surface area contributed by atoms with E-state index in [9.17, 15) is 0 Å². The summed E-state index contributed by atoms with van der Waals surface area (Å²) in [5.74, 6) is 0.900. The lowest BCUT2D eigenvalue weighted by Gasteiger charge is -2.12. The molecule has 0 unspecified atom stereocenters. The van der Waals surface area contributed by atoms with Crippen molar-refractivity contribution in [2.24, 2.45) is 0 Å². The average Bonchev–Trinajstić information content (AvgIpc) is 2.98. The fourth-order valence-electron chi connectivity index (χ4n) is 2.15. The maximum absolute atomic E-state index is 4.45. The number of hydrogen-bond acceptors (Lipinski definition) is 2. The van der Waals surface area contributed by atoms with Crippen molar-refractivity contribution in [3.63, 3.8) is 0 Å². The summed E-state index contributed by atoms with van der Waals surface area (Å²) in [4.78, 5) is 9.91. The Morgan fingerprint density at radius 2 is 1.52 bits per heavy atom. The van der Waals surface area contributed by atoms with E-state index in [4.69, 9.17) is 0 Å². The second-order valence-electron chi connectivity index (χ2n) is 4.95. The second-order valence-corrected chi connectivity index (χ2v) is 4.95. The second kappa shape index (κ2) is 6.24. The minimum absolute atomic E-state index is 0. The zero-order valence-corrected chi connectivity index (χ0v) is 12.2. The van der Waals surface area contributed by atoms with Gasteiger partial charge in [0, 0.05) is 25.3 Å². The number of aromatic nitrogens is 2. The van der Waals surface area contributed by atoms with Crippen LogP contribution in [-0.4, -0.2) is 29.5 Å². The van der Waals surface area contributed by atoms with Crippen LogP contribution >= 0.6 is 0 Å². The van der Waals surface area contributed by atoms with Crippen LogP contribution < -0.4 is 4.90 Å². The van der Waals surface area contributed by atoms with Gasteiger partial charge in [-0.2, -0.15) is 0 Å². The van der Waals surface area contributed by atoms with Crippen molar-refractivity contribution in [2.45, 2.75) is 0 Å². The van der Waals surface area contributed by atoms with Crippen LogP contribution in [0.1, 0.15) is 0 Å². The van der Waals surface area contributed by atoms with Crippen LogP contribution in [0.25, 0.3) is 22.6 Å². The van der Waals surface area contributed by atoms with Crippen molar-refractivity contribution in [1.29, 1.82) is 0 Å². The van der Waals surface area contributed by atoms with Gasteiger partial charge >= 0.3 is 0 Å². The van der Waals surface area contributed by atoms with Crippen LogP contribution in [0.15, 0.2) is 60.8 Å². The fourth-order valence-corrected chi connectivity index (χ4v) is 2.15. The number of anilines is 1. The molecule has 0 saturated heterocycles. The SMILES string of the molecule is CN(C)c1ccc(-c2cnc(-c3ccccc3)[nH]2)cc1.O. The Morgan fingerprint density at radius 1 is 0.857 bits per heavy atom. The molecule has 0 aliphatic carbocycles. The number of hydrogen-bond donors (Lipinski definition) is 1. The first-order chi connectivity index (χ1) is 9.74. The van der Waals surface area contributed by atoms with Crippen molar-refractivity contribution in [3.05, 3.63) is 60.8 Å². The van der Waals surface area contributed by atoms with Gasteiger partial charge in [-0.05, 0) is 17.7 Å². The molecular formula is C17H19N3O. The van der Waals surface area contributed by atoms with E-state index in [1.807, 2.05) is 38.5 Å². The van der Waals surface area contributed by atoms with Crippen molar-refractivity contribution in [2.75, 3.05) is 19.0 Å². The van der Waals surface area contributed by atoms with E-state index >= 15 is 0 Å². The lowest BCUT2D eigenvalue weighted by atomic mass is 10.1. The summed E-state index contributed by atoms with van der Waals surface area (Å²) in [6, 6.07) is 18.6. The molecule has 4 heteroatoms. The van der Waals surface area contributed by atoms with Crippen molar-refractivity contribution < 1.29 is 5.48 Å². The molecular weight excluding hydrogens is 262 g/mol. The molecule has 0 amide bonds. The lowest BCUT2D eigenvalue weighted by molar-refractivity contribution is 0.824. The van der Waals surface area contributed by atoms with E-state index in [1.54, 1.807) is 0 Å². The number of H-pyrrole nitrogens is 1. The first kappa shape index (κ1) is 14.8. The predicted octanol–water partition coefficient (Wildman–Crippen LogP) is 2.99. The maximum Gasteiger partial charge on any atom is 0.137 e. The molecule has 21 heavy (non-hydrogen) atoms. The van der Waals surface area contributed by atoms with Crippen molar-refractivity contribution >= 4 is 5.69 Å². The van der Waals surface area contributed by atoms with Gasteiger partial charge in [-0.15, -0.1) is 0 Å². The molecule has 0 atom stereocenters. The van der Waals surface area contributed by atoms with Gasteiger partial charge in [-0.3, -0.25) is 0 Å². The first-order valence-electron chi connectivity index (χ1n) is 6.62. The number of nitrogens with one attached hydrogen (secondary N) is 1. The van der Waals surface area contributed by atoms with Crippen LogP contribution in [0.5, 0.6) is 0 Å². The zero-order chi connectivity index (χ0) is 13.9. The summed E-state index contributed by atoms with van der Waals surface area (Å²) in [7, 11) is 4.08. The lowest BCUT2D eigenvalue weighted by Crippen LogP contribution is -2.07. The molecule has 2 aromatic carbocycles. The molecule has 0 radical (unpaired) electrons. The molecule has 1 aromatic heterocycles. The quantitative estimate of drug-likeness (QED) is 0.802. The molecule has 3 rings (SSSR count). The predicted molar refractivity (Wildman–Crippen MR) is 87.4 cm³/mol. The van der Waals surface area contributed by atoms with Gasteiger partial charge in [-0.25, -0.2) is 4.98 Å². The molecule has 4 nitrogen and oxygen atoms in total. The number of aromatic amines is 1. The molecule has 0 fully saturated rings. The highest BCUT2D eigenvalue weighted by atomic mass is 16.0. The smallest absolute Gasteiger partial charge is 0.137 e. The number of rotatable bonds is 3. The third-order valence-corrected chi connectivity index (χ3v) is 3.32. The number of benzene rings is 2. The van der Waals surface area contributed by atoms with Crippen LogP contribution in [-0.2, 0) is 0 Å².